The molecule has 1 N–H and O–H groups in total. The van der Waals surface area contributed by atoms with Gasteiger partial charge in [-0.2, -0.15) is 0 Å². The fraction of sp³-hybridized carbons (Fsp3) is 0.478. The van der Waals surface area contributed by atoms with Gasteiger partial charge in [0.05, 0.1) is 24.3 Å². The van der Waals surface area contributed by atoms with Crippen molar-refractivity contribution in [2.45, 2.75) is 43.5 Å². The van der Waals surface area contributed by atoms with E-state index in [2.05, 4.69) is 5.32 Å². The van der Waals surface area contributed by atoms with Gasteiger partial charge in [0, 0.05) is 23.4 Å². The lowest BCUT2D eigenvalue weighted by atomic mass is 9.88. The van der Waals surface area contributed by atoms with Gasteiger partial charge in [0.25, 0.3) is 0 Å². The van der Waals surface area contributed by atoms with Crippen LogP contribution in [0.5, 0.6) is 0 Å². The molecule has 3 heterocycles. The van der Waals surface area contributed by atoms with Crippen LogP contribution < -0.4 is 5.32 Å². The molecule has 2 saturated heterocycles. The third-order valence-electron chi connectivity index (χ3n) is 5.74. The minimum Gasteiger partial charge on any atom is -0.461 e. The van der Waals surface area contributed by atoms with E-state index in [1.807, 2.05) is 51.1 Å². The monoisotopic (exact) mass is 458 g/mol. The quantitative estimate of drug-likeness (QED) is 0.490. The maximum Gasteiger partial charge on any atom is 0.377 e. The van der Waals surface area contributed by atoms with Crippen molar-refractivity contribution in [2.75, 3.05) is 13.2 Å². The Labute approximate surface area is 190 Å². The summed E-state index contributed by atoms with van der Waals surface area (Å²) >= 11 is 1.47. The molecule has 2 fully saturated rings. The van der Waals surface area contributed by atoms with Crippen molar-refractivity contribution in [2.24, 2.45) is 11.8 Å². The first-order valence-electron chi connectivity index (χ1n) is 10.7. The molecule has 0 bridgehead atoms. The zero-order chi connectivity index (χ0) is 23.0. The van der Waals surface area contributed by atoms with Gasteiger partial charge in [0.2, 0.25) is 11.8 Å². The zero-order valence-electron chi connectivity index (χ0n) is 18.2. The maximum absolute atomic E-state index is 13.1. The minimum atomic E-state index is -1.84. The lowest BCUT2D eigenvalue weighted by molar-refractivity contribution is -0.211. The van der Waals surface area contributed by atoms with Gasteiger partial charge >= 0.3 is 17.7 Å². The smallest absolute Gasteiger partial charge is 0.377 e. The van der Waals surface area contributed by atoms with E-state index in [9.17, 15) is 19.2 Å². The molecule has 1 aromatic carbocycles. The Morgan fingerprint density at radius 3 is 2.66 bits per heavy atom. The standard InChI is InChI=1S/C23H26N2O6S/c1-13(2)12-30-22(29)23-17(10-19(27)31-23)14(3)32-21-16(20(28)25(21)23)11-24-18(26)9-15-7-5-4-6-8-15/h4-8,10,13-14,16,21H,9,11-12H2,1-3H3,(H,24,26)/t14-,16-,21-,23-/m1/s1. The van der Waals surface area contributed by atoms with Crippen LogP contribution in [0, 0.1) is 11.8 Å². The molecule has 170 valence electrons. The van der Waals surface area contributed by atoms with Crippen molar-refractivity contribution in [3.63, 3.8) is 0 Å². The lowest BCUT2D eigenvalue weighted by Crippen LogP contribution is -2.76. The number of thioether (sulfide) groups is 1. The summed E-state index contributed by atoms with van der Waals surface area (Å²) in [5.74, 6) is -2.38. The Morgan fingerprint density at radius 2 is 1.97 bits per heavy atom. The van der Waals surface area contributed by atoms with Gasteiger partial charge in [-0.05, 0) is 18.4 Å². The van der Waals surface area contributed by atoms with Crippen molar-refractivity contribution in [3.05, 3.63) is 47.5 Å². The number of carbonyl (C=O) groups is 4. The van der Waals surface area contributed by atoms with Gasteiger partial charge < -0.3 is 14.8 Å². The average Bonchev–Trinajstić information content (AvgIpc) is 3.10. The number of esters is 2. The van der Waals surface area contributed by atoms with Gasteiger partial charge in [-0.15, -0.1) is 11.8 Å². The van der Waals surface area contributed by atoms with E-state index in [1.165, 1.54) is 22.7 Å². The molecule has 3 aliphatic rings. The van der Waals surface area contributed by atoms with Crippen molar-refractivity contribution in [3.8, 4) is 0 Å². The van der Waals surface area contributed by atoms with E-state index < -0.39 is 29.0 Å². The van der Waals surface area contributed by atoms with E-state index in [0.29, 0.717) is 5.57 Å². The zero-order valence-corrected chi connectivity index (χ0v) is 19.0. The molecule has 1 aromatic rings. The summed E-state index contributed by atoms with van der Waals surface area (Å²) in [6.07, 6.45) is 1.50. The molecule has 0 unspecified atom stereocenters. The maximum atomic E-state index is 13.1. The van der Waals surface area contributed by atoms with Gasteiger partial charge in [-0.3, -0.25) is 14.5 Å². The van der Waals surface area contributed by atoms with Crippen molar-refractivity contribution >= 4 is 35.5 Å². The minimum absolute atomic E-state index is 0.0886. The van der Waals surface area contributed by atoms with Gasteiger partial charge in [0.15, 0.2) is 0 Å². The van der Waals surface area contributed by atoms with Gasteiger partial charge in [0.1, 0.15) is 0 Å². The molecular weight excluding hydrogens is 432 g/mol. The number of hydrogen-bond donors (Lipinski definition) is 1. The summed E-state index contributed by atoms with van der Waals surface area (Å²) in [6, 6.07) is 9.33. The Kier molecular flexibility index (Phi) is 6.03. The van der Waals surface area contributed by atoms with Gasteiger partial charge in [-0.25, -0.2) is 9.59 Å². The van der Waals surface area contributed by atoms with E-state index in [4.69, 9.17) is 9.47 Å². The highest BCUT2D eigenvalue weighted by Crippen LogP contribution is 2.54. The third kappa shape index (κ3) is 3.79. The van der Waals surface area contributed by atoms with Crippen LogP contribution in [0.4, 0.5) is 0 Å². The van der Waals surface area contributed by atoms with Crippen molar-refractivity contribution < 1.29 is 28.7 Å². The molecule has 0 saturated carbocycles. The van der Waals surface area contributed by atoms with Crippen LogP contribution in [-0.4, -0.2) is 58.2 Å². The second-order valence-electron chi connectivity index (χ2n) is 8.61. The molecule has 4 atom stereocenters. The highest BCUT2D eigenvalue weighted by atomic mass is 32.2. The second kappa shape index (κ2) is 8.61. The number of nitrogens with one attached hydrogen (secondary N) is 1. The molecule has 9 heteroatoms. The van der Waals surface area contributed by atoms with Crippen LogP contribution in [0.3, 0.4) is 0 Å². The Balaban J connectivity index is 1.48. The van der Waals surface area contributed by atoms with E-state index >= 15 is 0 Å². The largest absolute Gasteiger partial charge is 0.461 e. The molecule has 0 aromatic heterocycles. The van der Waals surface area contributed by atoms with Crippen LogP contribution in [0.1, 0.15) is 26.3 Å². The lowest BCUT2D eigenvalue weighted by Gasteiger charge is -2.57. The van der Waals surface area contributed by atoms with Crippen LogP contribution in [0.15, 0.2) is 42.0 Å². The number of carbonyl (C=O) groups excluding carboxylic acids is 4. The highest BCUT2D eigenvalue weighted by Gasteiger charge is 2.70. The average molecular weight is 459 g/mol. The number of amides is 2. The number of β-lactam (4-membered cyclic amide) rings is 1. The molecule has 0 radical (unpaired) electrons. The number of rotatable bonds is 7. The second-order valence-corrected chi connectivity index (χ2v) is 10.1. The predicted molar refractivity (Wildman–Crippen MR) is 117 cm³/mol. The number of ether oxygens (including phenoxy) is 2. The first kappa shape index (κ1) is 22.4. The molecule has 4 rings (SSSR count). The summed E-state index contributed by atoms with van der Waals surface area (Å²) < 4.78 is 10.9. The summed E-state index contributed by atoms with van der Waals surface area (Å²) in [5, 5.41) is 2.18. The summed E-state index contributed by atoms with van der Waals surface area (Å²) in [4.78, 5) is 52.0. The van der Waals surface area contributed by atoms with E-state index in [-0.39, 0.29) is 42.6 Å². The predicted octanol–water partition coefficient (Wildman–Crippen LogP) is 1.64. The fourth-order valence-electron chi connectivity index (χ4n) is 4.19. The molecule has 3 aliphatic heterocycles. The van der Waals surface area contributed by atoms with Gasteiger partial charge in [-0.1, -0.05) is 44.2 Å². The highest BCUT2D eigenvalue weighted by molar-refractivity contribution is 8.00. The normalized spacial score (nSPS) is 28.3. The fourth-order valence-corrected chi connectivity index (χ4v) is 5.76. The SMILES string of the molecule is CC(C)COC(=O)[C@]12OC(=O)C=C1[C@@H](C)S[C@@H]1[C@H](CNC(=O)Cc3ccccc3)C(=O)N12. The number of nitrogens with zero attached hydrogens (tertiary/aromatic N) is 1. The first-order valence-corrected chi connectivity index (χ1v) is 11.6. The van der Waals surface area contributed by atoms with E-state index in [0.717, 1.165) is 5.56 Å². The van der Waals surface area contributed by atoms with Crippen LogP contribution in [-0.2, 0) is 35.1 Å². The van der Waals surface area contributed by atoms with Crippen molar-refractivity contribution in [1.29, 1.82) is 0 Å². The molecule has 0 aliphatic carbocycles. The third-order valence-corrected chi connectivity index (χ3v) is 7.22. The van der Waals surface area contributed by atoms with Crippen LogP contribution >= 0.6 is 11.8 Å². The van der Waals surface area contributed by atoms with Crippen LogP contribution in [0.2, 0.25) is 0 Å². The number of fused-ring (bicyclic) bond motifs is 3. The molecular formula is C23H26N2O6S. The van der Waals surface area contributed by atoms with Crippen molar-refractivity contribution in [1.82, 2.24) is 10.2 Å². The summed E-state index contributed by atoms with van der Waals surface area (Å²) in [6.45, 7) is 5.96. The molecule has 2 amide bonds. The number of hydrogen-bond acceptors (Lipinski definition) is 7. The topological polar surface area (TPSA) is 102 Å². The Morgan fingerprint density at radius 1 is 1.25 bits per heavy atom. The molecule has 32 heavy (non-hydrogen) atoms. The number of benzene rings is 1. The Bertz CT molecular complexity index is 978. The Hall–Kier alpha value is -2.81. The first-order chi connectivity index (χ1) is 15.2. The molecule has 0 spiro atoms. The molecule has 8 nitrogen and oxygen atoms in total. The summed E-state index contributed by atoms with van der Waals surface area (Å²) in [5.41, 5.74) is -0.535. The van der Waals surface area contributed by atoms with Crippen LogP contribution in [0.25, 0.3) is 0 Å². The van der Waals surface area contributed by atoms with E-state index in [1.54, 1.807) is 0 Å². The summed E-state index contributed by atoms with van der Waals surface area (Å²) in [7, 11) is 0.